The molecule has 3 aromatic rings. The molecule has 0 spiro atoms. The van der Waals surface area contributed by atoms with E-state index in [0.717, 1.165) is 32.5 Å². The van der Waals surface area contributed by atoms with E-state index in [1.807, 2.05) is 13.0 Å². The van der Waals surface area contributed by atoms with Gasteiger partial charge in [0.25, 0.3) is 0 Å². The zero-order chi connectivity index (χ0) is 25.7. The van der Waals surface area contributed by atoms with Crippen LogP contribution >= 0.6 is 0 Å². The normalized spacial score (nSPS) is 16.7. The first kappa shape index (κ1) is 25.7. The van der Waals surface area contributed by atoms with Crippen molar-refractivity contribution in [2.24, 2.45) is 11.8 Å². The molecule has 1 saturated carbocycles. The summed E-state index contributed by atoms with van der Waals surface area (Å²) in [6, 6.07) is 9.70. The Morgan fingerprint density at radius 2 is 1.89 bits per heavy atom. The number of hydrogen-bond donors (Lipinski definition) is 1. The monoisotopic (exact) mass is 495 g/mol. The van der Waals surface area contributed by atoms with Gasteiger partial charge in [-0.2, -0.15) is 0 Å². The van der Waals surface area contributed by atoms with Crippen LogP contribution in [0.25, 0.3) is 10.9 Å². The number of ether oxygens (including phenoxy) is 3. The molecule has 1 N–H and O–H groups in total. The Balaban J connectivity index is 1.48. The van der Waals surface area contributed by atoms with Crippen molar-refractivity contribution in [2.45, 2.75) is 33.6 Å². The standard InChI is InChI=1S/C28H34FN3O4/c1-5-32(6-2)12-7-13-35-27-17-23-21(16-26(27)34-4)24(10-11-30-23)36-25-9-8-19(15-22(25)29)31-28(33)20-14-18(20)3/h8-11,15-18,20H,5-7,12-14H2,1-4H3,(H,31,33). The Morgan fingerprint density at radius 3 is 2.56 bits per heavy atom. The van der Waals surface area contributed by atoms with E-state index in [0.29, 0.717) is 46.4 Å². The van der Waals surface area contributed by atoms with Crippen LogP contribution in [0, 0.1) is 17.7 Å². The molecular weight excluding hydrogens is 461 g/mol. The van der Waals surface area contributed by atoms with Crippen LogP contribution in [0.4, 0.5) is 10.1 Å². The second-order valence-electron chi connectivity index (χ2n) is 9.11. The number of rotatable bonds is 12. The molecular formula is C28H34FN3O4. The van der Waals surface area contributed by atoms with Crippen LogP contribution in [0.15, 0.2) is 42.6 Å². The molecule has 1 aliphatic rings. The van der Waals surface area contributed by atoms with E-state index >= 15 is 0 Å². The zero-order valence-corrected chi connectivity index (χ0v) is 21.3. The van der Waals surface area contributed by atoms with E-state index in [1.54, 1.807) is 31.5 Å². The first-order valence-electron chi connectivity index (χ1n) is 12.5. The zero-order valence-electron chi connectivity index (χ0n) is 21.3. The highest BCUT2D eigenvalue weighted by atomic mass is 19.1. The van der Waals surface area contributed by atoms with Crippen LogP contribution in [0.5, 0.6) is 23.0 Å². The fourth-order valence-electron chi connectivity index (χ4n) is 4.20. The van der Waals surface area contributed by atoms with Gasteiger partial charge >= 0.3 is 0 Å². The minimum Gasteiger partial charge on any atom is -0.493 e. The lowest BCUT2D eigenvalue weighted by molar-refractivity contribution is -0.117. The molecule has 1 amide bonds. The Morgan fingerprint density at radius 1 is 1.11 bits per heavy atom. The van der Waals surface area contributed by atoms with Crippen molar-refractivity contribution in [1.29, 1.82) is 0 Å². The lowest BCUT2D eigenvalue weighted by atomic mass is 10.1. The number of halogens is 1. The molecule has 2 aromatic carbocycles. The lowest BCUT2D eigenvalue weighted by Crippen LogP contribution is -2.25. The van der Waals surface area contributed by atoms with E-state index in [4.69, 9.17) is 14.2 Å². The van der Waals surface area contributed by atoms with E-state index in [9.17, 15) is 9.18 Å². The third-order valence-corrected chi connectivity index (χ3v) is 6.62. The highest BCUT2D eigenvalue weighted by molar-refractivity contribution is 5.94. The van der Waals surface area contributed by atoms with Crippen LogP contribution in [0.3, 0.4) is 0 Å². The molecule has 7 nitrogen and oxygen atoms in total. The number of nitrogens with zero attached hydrogens (tertiary/aromatic N) is 2. The van der Waals surface area contributed by atoms with Gasteiger partial charge in [-0.25, -0.2) is 4.39 Å². The maximum absolute atomic E-state index is 14.8. The molecule has 2 atom stereocenters. The van der Waals surface area contributed by atoms with Gasteiger partial charge in [-0.1, -0.05) is 20.8 Å². The Kier molecular flexibility index (Phi) is 8.25. The van der Waals surface area contributed by atoms with Gasteiger partial charge in [0.05, 0.1) is 19.2 Å². The molecule has 0 radical (unpaired) electrons. The minimum absolute atomic E-state index is 0.0124. The average Bonchev–Trinajstić information content (AvgIpc) is 3.62. The van der Waals surface area contributed by atoms with Gasteiger partial charge in [0.1, 0.15) is 5.75 Å². The van der Waals surface area contributed by atoms with Gasteiger partial charge in [-0.3, -0.25) is 9.78 Å². The molecule has 1 heterocycles. The highest BCUT2D eigenvalue weighted by Crippen LogP contribution is 2.39. The molecule has 0 saturated heterocycles. The summed E-state index contributed by atoms with van der Waals surface area (Å²) in [6.07, 6.45) is 3.38. The number of methoxy groups -OCH3 is 1. The van der Waals surface area contributed by atoms with Gasteiger partial charge in [-0.05, 0) is 56.1 Å². The SMILES string of the molecule is CCN(CC)CCCOc1cc2nccc(Oc3ccc(NC(=O)C4CC4C)cc3F)c2cc1OC. The summed E-state index contributed by atoms with van der Waals surface area (Å²) >= 11 is 0. The lowest BCUT2D eigenvalue weighted by Gasteiger charge is -2.18. The van der Waals surface area contributed by atoms with Crippen molar-refractivity contribution in [3.05, 3.63) is 48.4 Å². The maximum Gasteiger partial charge on any atom is 0.227 e. The number of carbonyl (C=O) groups is 1. The summed E-state index contributed by atoms with van der Waals surface area (Å²) in [4.78, 5) is 18.9. The van der Waals surface area contributed by atoms with Gasteiger partial charge in [-0.15, -0.1) is 0 Å². The van der Waals surface area contributed by atoms with Crippen molar-refractivity contribution < 1.29 is 23.4 Å². The van der Waals surface area contributed by atoms with Gasteiger partial charge in [0.15, 0.2) is 23.1 Å². The topological polar surface area (TPSA) is 72.9 Å². The number of benzene rings is 2. The number of amides is 1. The van der Waals surface area contributed by atoms with Crippen LogP contribution < -0.4 is 19.5 Å². The number of fused-ring (bicyclic) bond motifs is 1. The molecule has 4 rings (SSSR count). The van der Waals surface area contributed by atoms with Crippen molar-refractivity contribution in [1.82, 2.24) is 9.88 Å². The summed E-state index contributed by atoms with van der Waals surface area (Å²) in [6.45, 7) is 9.87. The van der Waals surface area contributed by atoms with Crippen molar-refractivity contribution in [3.8, 4) is 23.0 Å². The second kappa shape index (κ2) is 11.6. The molecule has 0 bridgehead atoms. The predicted molar refractivity (Wildman–Crippen MR) is 139 cm³/mol. The summed E-state index contributed by atoms with van der Waals surface area (Å²) in [5.74, 6) is 1.40. The molecule has 36 heavy (non-hydrogen) atoms. The molecule has 1 fully saturated rings. The fourth-order valence-corrected chi connectivity index (χ4v) is 4.20. The van der Waals surface area contributed by atoms with Crippen molar-refractivity contribution >= 4 is 22.5 Å². The highest BCUT2D eigenvalue weighted by Gasteiger charge is 2.39. The smallest absolute Gasteiger partial charge is 0.227 e. The Bertz CT molecular complexity index is 1210. The van der Waals surface area contributed by atoms with E-state index in [2.05, 4.69) is 29.0 Å². The Labute approximate surface area is 211 Å². The number of hydrogen-bond acceptors (Lipinski definition) is 6. The number of pyridine rings is 1. The summed E-state index contributed by atoms with van der Waals surface area (Å²) in [7, 11) is 1.58. The number of anilines is 1. The number of carbonyl (C=O) groups excluding carboxylic acids is 1. The maximum atomic E-state index is 14.8. The fraction of sp³-hybridized carbons (Fsp3) is 0.429. The minimum atomic E-state index is -0.568. The van der Waals surface area contributed by atoms with Gasteiger partial charge in [0.2, 0.25) is 5.91 Å². The van der Waals surface area contributed by atoms with Crippen LogP contribution in [0.1, 0.15) is 33.6 Å². The molecule has 1 aromatic heterocycles. The molecule has 8 heteroatoms. The van der Waals surface area contributed by atoms with Crippen molar-refractivity contribution in [2.75, 3.05) is 38.7 Å². The molecule has 0 aliphatic heterocycles. The van der Waals surface area contributed by atoms with E-state index in [1.165, 1.54) is 12.1 Å². The first-order valence-corrected chi connectivity index (χ1v) is 12.5. The van der Waals surface area contributed by atoms with Crippen LogP contribution in [-0.2, 0) is 4.79 Å². The van der Waals surface area contributed by atoms with Gasteiger partial charge < -0.3 is 24.4 Å². The first-order chi connectivity index (χ1) is 17.4. The number of nitrogens with one attached hydrogen (secondary N) is 1. The van der Waals surface area contributed by atoms with E-state index in [-0.39, 0.29) is 17.6 Å². The summed E-state index contributed by atoms with van der Waals surface area (Å²) in [5, 5.41) is 3.44. The molecule has 1 aliphatic carbocycles. The van der Waals surface area contributed by atoms with Crippen LogP contribution in [-0.4, -0.2) is 49.1 Å². The predicted octanol–water partition coefficient (Wildman–Crippen LogP) is 5.88. The van der Waals surface area contributed by atoms with Crippen LogP contribution in [0.2, 0.25) is 0 Å². The van der Waals surface area contributed by atoms with E-state index < -0.39 is 5.82 Å². The molecule has 192 valence electrons. The summed E-state index contributed by atoms with van der Waals surface area (Å²) in [5.41, 5.74) is 1.06. The average molecular weight is 496 g/mol. The quantitative estimate of drug-likeness (QED) is 0.316. The van der Waals surface area contributed by atoms with Gasteiger partial charge in [0, 0.05) is 41.9 Å². The third-order valence-electron chi connectivity index (χ3n) is 6.62. The molecule has 2 unspecified atom stereocenters. The van der Waals surface area contributed by atoms with Crippen molar-refractivity contribution in [3.63, 3.8) is 0 Å². The third kappa shape index (κ3) is 6.05. The summed E-state index contributed by atoms with van der Waals surface area (Å²) < 4.78 is 32.3. The Hall–Kier alpha value is -3.39. The largest absolute Gasteiger partial charge is 0.493 e. The second-order valence-corrected chi connectivity index (χ2v) is 9.11. The number of aromatic nitrogens is 1.